The highest BCUT2D eigenvalue weighted by Gasteiger charge is 2.31. The van der Waals surface area contributed by atoms with Gasteiger partial charge >= 0.3 is 0 Å². The second-order valence-corrected chi connectivity index (χ2v) is 6.85. The minimum atomic E-state index is 0.656. The smallest absolute Gasteiger partial charge is 0.0218 e. The van der Waals surface area contributed by atoms with Crippen LogP contribution >= 0.6 is 11.8 Å². The maximum Gasteiger partial charge on any atom is 0.0218 e. The zero-order chi connectivity index (χ0) is 12.1. The van der Waals surface area contributed by atoms with Crippen LogP contribution in [0.1, 0.15) is 38.5 Å². The highest BCUT2D eigenvalue weighted by molar-refractivity contribution is 7.98. The molecule has 0 spiro atoms. The Balaban J connectivity index is 1.76. The molecule has 0 aromatic heterocycles. The van der Waals surface area contributed by atoms with Crippen LogP contribution in [0.5, 0.6) is 0 Å². The van der Waals surface area contributed by atoms with Crippen molar-refractivity contribution >= 4 is 11.8 Å². The van der Waals surface area contributed by atoms with E-state index in [9.17, 15) is 0 Å². The van der Waals surface area contributed by atoms with E-state index in [1.807, 2.05) is 11.8 Å². The summed E-state index contributed by atoms with van der Waals surface area (Å²) in [6.07, 6.45) is 10.7. The molecule has 17 heavy (non-hydrogen) atoms. The Morgan fingerprint density at radius 2 is 1.76 bits per heavy atom. The molecule has 2 rings (SSSR count). The number of hydrogen-bond donors (Lipinski definition) is 1. The number of hydrogen-bond acceptors (Lipinski definition) is 3. The molecule has 2 fully saturated rings. The van der Waals surface area contributed by atoms with Gasteiger partial charge in [-0.3, -0.25) is 4.90 Å². The summed E-state index contributed by atoms with van der Waals surface area (Å²) in [6.45, 7) is 3.52. The highest BCUT2D eigenvalue weighted by Crippen LogP contribution is 2.34. The lowest BCUT2D eigenvalue weighted by atomic mass is 10.1. The van der Waals surface area contributed by atoms with Gasteiger partial charge in [0.05, 0.1) is 0 Å². The number of nitrogens with zero attached hydrogens (tertiary/aromatic N) is 1. The third-order valence-electron chi connectivity index (χ3n) is 4.05. The van der Waals surface area contributed by atoms with E-state index in [0.29, 0.717) is 6.04 Å². The molecule has 1 unspecified atom stereocenters. The number of nitrogens with two attached hydrogens (primary N) is 1. The van der Waals surface area contributed by atoms with Crippen molar-refractivity contribution in [2.24, 2.45) is 17.6 Å². The van der Waals surface area contributed by atoms with Crippen molar-refractivity contribution in [2.45, 2.75) is 44.6 Å². The van der Waals surface area contributed by atoms with Crippen LogP contribution in [0.4, 0.5) is 0 Å². The monoisotopic (exact) mass is 256 g/mol. The minimum Gasteiger partial charge on any atom is -0.329 e. The Bertz CT molecular complexity index is 200. The summed E-state index contributed by atoms with van der Waals surface area (Å²) in [6, 6.07) is 0.656. The number of thioether (sulfide) groups is 1. The van der Waals surface area contributed by atoms with E-state index in [1.165, 1.54) is 57.4 Å². The van der Waals surface area contributed by atoms with Gasteiger partial charge in [-0.25, -0.2) is 0 Å². The molecule has 2 N–H and O–H groups in total. The van der Waals surface area contributed by atoms with Crippen LogP contribution in [-0.2, 0) is 0 Å². The summed E-state index contributed by atoms with van der Waals surface area (Å²) < 4.78 is 0. The fourth-order valence-corrected chi connectivity index (χ4v) is 3.00. The van der Waals surface area contributed by atoms with Gasteiger partial charge in [0.15, 0.2) is 0 Å². The van der Waals surface area contributed by atoms with Crippen LogP contribution in [0, 0.1) is 11.8 Å². The van der Waals surface area contributed by atoms with E-state index >= 15 is 0 Å². The van der Waals surface area contributed by atoms with E-state index in [2.05, 4.69) is 11.2 Å². The summed E-state index contributed by atoms with van der Waals surface area (Å²) in [7, 11) is 0. The van der Waals surface area contributed by atoms with Gasteiger partial charge in [-0.05, 0) is 62.4 Å². The van der Waals surface area contributed by atoms with Crippen molar-refractivity contribution < 1.29 is 0 Å². The van der Waals surface area contributed by atoms with Crippen molar-refractivity contribution in [3.05, 3.63) is 0 Å². The van der Waals surface area contributed by atoms with Crippen molar-refractivity contribution in [1.29, 1.82) is 0 Å². The molecular formula is C14H28N2S. The third kappa shape index (κ3) is 5.19. The van der Waals surface area contributed by atoms with Crippen LogP contribution in [0.2, 0.25) is 0 Å². The van der Waals surface area contributed by atoms with Crippen molar-refractivity contribution in [3.8, 4) is 0 Å². The summed E-state index contributed by atoms with van der Waals surface area (Å²) in [5, 5.41) is 0. The van der Waals surface area contributed by atoms with E-state index in [-0.39, 0.29) is 0 Å². The van der Waals surface area contributed by atoms with Gasteiger partial charge in [-0.15, -0.1) is 0 Å². The third-order valence-corrected chi connectivity index (χ3v) is 4.75. The Kier molecular flexibility index (Phi) is 5.64. The first-order valence-corrected chi connectivity index (χ1v) is 8.66. The molecule has 0 aromatic carbocycles. The Morgan fingerprint density at radius 1 is 1.18 bits per heavy atom. The molecule has 0 amide bonds. The Labute approximate surface area is 111 Å². The fourth-order valence-electron chi connectivity index (χ4n) is 2.55. The quantitative estimate of drug-likeness (QED) is 0.609. The van der Waals surface area contributed by atoms with Crippen molar-refractivity contribution in [2.75, 3.05) is 31.6 Å². The van der Waals surface area contributed by atoms with E-state index in [1.54, 1.807) is 0 Å². The predicted molar refractivity (Wildman–Crippen MR) is 77.5 cm³/mol. The average molecular weight is 256 g/mol. The van der Waals surface area contributed by atoms with Crippen molar-refractivity contribution in [3.63, 3.8) is 0 Å². The van der Waals surface area contributed by atoms with Crippen LogP contribution in [0.25, 0.3) is 0 Å². The summed E-state index contributed by atoms with van der Waals surface area (Å²) >= 11 is 1.96. The van der Waals surface area contributed by atoms with Crippen molar-refractivity contribution in [1.82, 2.24) is 4.90 Å². The zero-order valence-electron chi connectivity index (χ0n) is 11.2. The van der Waals surface area contributed by atoms with Gasteiger partial charge in [-0.2, -0.15) is 11.8 Å². The molecule has 2 nitrogen and oxygen atoms in total. The molecule has 2 saturated carbocycles. The Hall–Kier alpha value is 0.270. The first-order chi connectivity index (χ1) is 8.33. The summed E-state index contributed by atoms with van der Waals surface area (Å²) in [5.41, 5.74) is 6.00. The van der Waals surface area contributed by atoms with Crippen LogP contribution in [0.3, 0.4) is 0 Å². The van der Waals surface area contributed by atoms with Crippen LogP contribution in [-0.4, -0.2) is 42.6 Å². The lowest BCUT2D eigenvalue weighted by Gasteiger charge is -2.31. The van der Waals surface area contributed by atoms with Gasteiger partial charge in [0.2, 0.25) is 0 Å². The normalized spacial score (nSPS) is 22.1. The van der Waals surface area contributed by atoms with Gasteiger partial charge in [0, 0.05) is 25.7 Å². The largest absolute Gasteiger partial charge is 0.329 e. The molecule has 0 saturated heterocycles. The molecule has 0 aromatic rings. The molecule has 0 bridgehead atoms. The molecule has 0 aliphatic heterocycles. The molecule has 2 aliphatic carbocycles. The average Bonchev–Trinajstić information content (AvgIpc) is 3.19. The second kappa shape index (κ2) is 7.01. The van der Waals surface area contributed by atoms with Gasteiger partial charge in [0.1, 0.15) is 0 Å². The van der Waals surface area contributed by atoms with Gasteiger partial charge in [0.25, 0.3) is 0 Å². The molecule has 0 radical (unpaired) electrons. The lowest BCUT2D eigenvalue weighted by Crippen LogP contribution is -2.43. The molecular weight excluding hydrogens is 228 g/mol. The molecule has 2 aliphatic rings. The summed E-state index contributed by atoms with van der Waals surface area (Å²) in [4.78, 5) is 2.73. The lowest BCUT2D eigenvalue weighted by molar-refractivity contribution is 0.174. The van der Waals surface area contributed by atoms with Gasteiger partial charge in [-0.1, -0.05) is 0 Å². The standard InChI is InChI=1S/C14H28N2S/c1-17-8-2-3-14(9-15)16(10-12-4-5-12)11-13-6-7-13/h12-14H,2-11,15H2,1H3. The molecule has 3 heteroatoms. The van der Waals surface area contributed by atoms with E-state index in [4.69, 9.17) is 5.73 Å². The van der Waals surface area contributed by atoms with E-state index < -0.39 is 0 Å². The second-order valence-electron chi connectivity index (χ2n) is 5.87. The first-order valence-electron chi connectivity index (χ1n) is 7.26. The summed E-state index contributed by atoms with van der Waals surface area (Å²) in [5.74, 6) is 3.30. The predicted octanol–water partition coefficient (Wildman–Crippen LogP) is 2.58. The molecule has 100 valence electrons. The number of rotatable bonds is 10. The maximum absolute atomic E-state index is 6.00. The SMILES string of the molecule is CSCCCC(CN)N(CC1CC1)CC1CC1. The molecule has 1 atom stereocenters. The van der Waals surface area contributed by atoms with Crippen LogP contribution < -0.4 is 5.73 Å². The highest BCUT2D eigenvalue weighted by atomic mass is 32.2. The van der Waals surface area contributed by atoms with E-state index in [0.717, 1.165) is 18.4 Å². The van der Waals surface area contributed by atoms with Crippen LogP contribution in [0.15, 0.2) is 0 Å². The Morgan fingerprint density at radius 3 is 2.18 bits per heavy atom. The maximum atomic E-state index is 6.00. The van der Waals surface area contributed by atoms with Gasteiger partial charge < -0.3 is 5.73 Å². The fraction of sp³-hybridized carbons (Fsp3) is 1.00. The zero-order valence-corrected chi connectivity index (χ0v) is 12.1. The topological polar surface area (TPSA) is 29.3 Å². The minimum absolute atomic E-state index is 0.656. The first kappa shape index (κ1) is 13.7. The molecule has 0 heterocycles.